The normalized spacial score (nSPS) is 17.3. The molecule has 0 fully saturated rings. The third kappa shape index (κ3) is 3.97. The molecule has 20 heavy (non-hydrogen) atoms. The van der Waals surface area contributed by atoms with E-state index >= 15 is 0 Å². The molecule has 0 saturated heterocycles. The van der Waals surface area contributed by atoms with Crippen molar-refractivity contribution in [2.75, 3.05) is 13.6 Å². The molecule has 0 bridgehead atoms. The quantitative estimate of drug-likeness (QED) is 0.897. The van der Waals surface area contributed by atoms with Crippen molar-refractivity contribution in [2.45, 2.75) is 45.1 Å². The standard InChI is InChI=1S/C16H24N2O.ClH/c1-11(2)13-8-7-12-5-4-6-15(14(12)9-13)18-16(19)10-17-3;/h7-9,11,15,17H,4-6,10H2,1-3H3,(H,18,19);1H/t15-;/m1./s1. The Labute approximate surface area is 127 Å². The molecule has 1 amide bonds. The summed E-state index contributed by atoms with van der Waals surface area (Å²) in [6.45, 7) is 4.80. The van der Waals surface area contributed by atoms with Crippen molar-refractivity contribution in [1.29, 1.82) is 0 Å². The van der Waals surface area contributed by atoms with Gasteiger partial charge in [0, 0.05) is 0 Å². The molecular weight excluding hydrogens is 272 g/mol. The summed E-state index contributed by atoms with van der Waals surface area (Å²) in [7, 11) is 1.80. The van der Waals surface area contributed by atoms with E-state index in [0.717, 1.165) is 19.3 Å². The number of aryl methyl sites for hydroxylation is 1. The highest BCUT2D eigenvalue weighted by Crippen LogP contribution is 2.32. The van der Waals surface area contributed by atoms with Crippen molar-refractivity contribution in [3.8, 4) is 0 Å². The number of hydrogen-bond acceptors (Lipinski definition) is 2. The Bertz CT molecular complexity index is 460. The zero-order valence-corrected chi connectivity index (χ0v) is 13.3. The molecule has 0 unspecified atom stereocenters. The Morgan fingerprint density at radius 3 is 2.80 bits per heavy atom. The fourth-order valence-corrected chi connectivity index (χ4v) is 2.73. The molecule has 2 N–H and O–H groups in total. The lowest BCUT2D eigenvalue weighted by molar-refractivity contribution is -0.121. The highest BCUT2D eigenvalue weighted by molar-refractivity contribution is 5.85. The molecule has 1 aromatic carbocycles. The smallest absolute Gasteiger partial charge is 0.234 e. The van der Waals surface area contributed by atoms with Gasteiger partial charge in [-0.2, -0.15) is 0 Å². The summed E-state index contributed by atoms with van der Waals surface area (Å²) in [5.74, 6) is 0.608. The average Bonchev–Trinajstić information content (AvgIpc) is 2.38. The molecule has 1 atom stereocenters. The van der Waals surface area contributed by atoms with Crippen molar-refractivity contribution in [1.82, 2.24) is 10.6 Å². The molecule has 1 aliphatic carbocycles. The molecule has 0 heterocycles. The van der Waals surface area contributed by atoms with Crippen LogP contribution in [-0.4, -0.2) is 19.5 Å². The van der Waals surface area contributed by atoms with Gasteiger partial charge in [-0.05, 0) is 48.9 Å². The molecule has 3 nitrogen and oxygen atoms in total. The van der Waals surface area contributed by atoms with Crippen LogP contribution >= 0.6 is 12.4 Å². The van der Waals surface area contributed by atoms with Crippen molar-refractivity contribution >= 4 is 18.3 Å². The molecule has 2 rings (SSSR count). The number of fused-ring (bicyclic) bond motifs is 1. The van der Waals surface area contributed by atoms with Gasteiger partial charge < -0.3 is 10.6 Å². The summed E-state index contributed by atoms with van der Waals surface area (Å²) in [5.41, 5.74) is 4.07. The van der Waals surface area contributed by atoms with Gasteiger partial charge in [-0.25, -0.2) is 0 Å². The van der Waals surface area contributed by atoms with Crippen LogP contribution in [0.25, 0.3) is 0 Å². The molecule has 4 heteroatoms. The van der Waals surface area contributed by atoms with E-state index in [4.69, 9.17) is 0 Å². The van der Waals surface area contributed by atoms with Gasteiger partial charge >= 0.3 is 0 Å². The van der Waals surface area contributed by atoms with Crippen LogP contribution in [0.3, 0.4) is 0 Å². The number of nitrogens with one attached hydrogen (secondary N) is 2. The maximum Gasteiger partial charge on any atom is 0.234 e. The largest absolute Gasteiger partial charge is 0.348 e. The second-order valence-corrected chi connectivity index (χ2v) is 5.66. The molecule has 0 spiro atoms. The minimum absolute atomic E-state index is 0. The summed E-state index contributed by atoms with van der Waals surface area (Å²) in [6.07, 6.45) is 3.33. The van der Waals surface area contributed by atoms with E-state index < -0.39 is 0 Å². The first-order chi connectivity index (χ1) is 9.11. The summed E-state index contributed by atoms with van der Waals surface area (Å²) in [5, 5.41) is 6.04. The Hall–Kier alpha value is -1.06. The first-order valence-corrected chi connectivity index (χ1v) is 7.18. The molecule has 0 radical (unpaired) electrons. The van der Waals surface area contributed by atoms with Gasteiger partial charge in [-0.3, -0.25) is 4.79 Å². The number of carbonyl (C=O) groups excluding carboxylic acids is 1. The van der Waals surface area contributed by atoms with Gasteiger partial charge in [-0.1, -0.05) is 32.0 Å². The maximum absolute atomic E-state index is 11.8. The van der Waals surface area contributed by atoms with Crippen molar-refractivity contribution in [3.63, 3.8) is 0 Å². The minimum atomic E-state index is 0. The predicted octanol–water partition coefficient (Wildman–Crippen LogP) is 2.94. The fourth-order valence-electron chi connectivity index (χ4n) is 2.73. The number of amides is 1. The highest BCUT2D eigenvalue weighted by Gasteiger charge is 2.22. The van der Waals surface area contributed by atoms with E-state index in [1.807, 2.05) is 0 Å². The summed E-state index contributed by atoms with van der Waals surface area (Å²) < 4.78 is 0. The lowest BCUT2D eigenvalue weighted by atomic mass is 9.85. The summed E-state index contributed by atoms with van der Waals surface area (Å²) in [4.78, 5) is 11.8. The third-order valence-electron chi connectivity index (χ3n) is 3.82. The van der Waals surface area contributed by atoms with Crippen molar-refractivity contribution in [3.05, 3.63) is 34.9 Å². The van der Waals surface area contributed by atoms with E-state index in [2.05, 4.69) is 42.7 Å². The topological polar surface area (TPSA) is 41.1 Å². The van der Waals surface area contributed by atoms with Crippen LogP contribution in [-0.2, 0) is 11.2 Å². The minimum Gasteiger partial charge on any atom is -0.348 e. The molecule has 1 aromatic rings. The lowest BCUT2D eigenvalue weighted by Gasteiger charge is -2.27. The number of rotatable bonds is 4. The number of benzene rings is 1. The van der Waals surface area contributed by atoms with Gasteiger partial charge in [0.2, 0.25) is 5.91 Å². The molecule has 0 aromatic heterocycles. The number of likely N-dealkylation sites (N-methyl/N-ethyl adjacent to an activating group) is 1. The van der Waals surface area contributed by atoms with Crippen LogP contribution in [0.1, 0.15) is 55.3 Å². The van der Waals surface area contributed by atoms with Gasteiger partial charge in [0.15, 0.2) is 0 Å². The van der Waals surface area contributed by atoms with Crippen LogP contribution in [0.15, 0.2) is 18.2 Å². The second-order valence-electron chi connectivity index (χ2n) is 5.66. The number of carbonyl (C=O) groups is 1. The predicted molar refractivity (Wildman–Crippen MR) is 85.5 cm³/mol. The maximum atomic E-state index is 11.8. The Kier molecular flexibility index (Phi) is 6.50. The van der Waals surface area contributed by atoms with Crippen molar-refractivity contribution in [2.24, 2.45) is 0 Å². The number of hydrogen-bond donors (Lipinski definition) is 2. The van der Waals surface area contributed by atoms with Crippen LogP contribution < -0.4 is 10.6 Å². The molecule has 0 saturated carbocycles. The van der Waals surface area contributed by atoms with Crippen molar-refractivity contribution < 1.29 is 4.79 Å². The van der Waals surface area contributed by atoms with E-state index in [0.29, 0.717) is 12.5 Å². The van der Waals surface area contributed by atoms with E-state index in [1.54, 1.807) is 7.05 Å². The first-order valence-electron chi connectivity index (χ1n) is 7.18. The highest BCUT2D eigenvalue weighted by atomic mass is 35.5. The lowest BCUT2D eigenvalue weighted by Crippen LogP contribution is -2.36. The van der Waals surface area contributed by atoms with Crippen LogP contribution in [0.4, 0.5) is 0 Å². The van der Waals surface area contributed by atoms with Crippen LogP contribution in [0.5, 0.6) is 0 Å². The van der Waals surface area contributed by atoms with E-state index in [9.17, 15) is 4.79 Å². The molecule has 0 aliphatic heterocycles. The molecule has 112 valence electrons. The van der Waals surface area contributed by atoms with Gasteiger partial charge in [0.25, 0.3) is 0 Å². The van der Waals surface area contributed by atoms with Crippen LogP contribution in [0, 0.1) is 0 Å². The number of halogens is 1. The van der Waals surface area contributed by atoms with Gasteiger partial charge in [0.05, 0.1) is 12.6 Å². The van der Waals surface area contributed by atoms with Gasteiger partial charge in [-0.15, -0.1) is 12.4 Å². The summed E-state index contributed by atoms with van der Waals surface area (Å²) in [6, 6.07) is 6.93. The average molecular weight is 297 g/mol. The Morgan fingerprint density at radius 2 is 2.15 bits per heavy atom. The Balaban J connectivity index is 0.00000200. The monoisotopic (exact) mass is 296 g/mol. The zero-order chi connectivity index (χ0) is 13.8. The van der Waals surface area contributed by atoms with Crippen LogP contribution in [0.2, 0.25) is 0 Å². The second kappa shape index (κ2) is 7.65. The Morgan fingerprint density at radius 1 is 1.40 bits per heavy atom. The zero-order valence-electron chi connectivity index (χ0n) is 12.5. The fraction of sp³-hybridized carbons (Fsp3) is 0.562. The van der Waals surface area contributed by atoms with E-state index in [-0.39, 0.29) is 24.4 Å². The third-order valence-corrected chi connectivity index (χ3v) is 3.82. The summed E-state index contributed by atoms with van der Waals surface area (Å²) >= 11 is 0. The van der Waals surface area contributed by atoms with Gasteiger partial charge in [0.1, 0.15) is 0 Å². The SMILES string of the molecule is CNCC(=O)N[C@@H]1CCCc2ccc(C(C)C)cc21.Cl. The molecule has 1 aliphatic rings. The molecular formula is C16H25ClN2O. The first kappa shape index (κ1) is 17.0. The van der Waals surface area contributed by atoms with E-state index in [1.165, 1.54) is 16.7 Å².